The third-order valence-corrected chi connectivity index (χ3v) is 3.64. The monoisotopic (exact) mass is 288 g/mol. The van der Waals surface area contributed by atoms with Crippen molar-refractivity contribution in [1.29, 1.82) is 0 Å². The molecule has 1 fully saturated rings. The quantitative estimate of drug-likeness (QED) is 0.847. The molecule has 0 amide bonds. The van der Waals surface area contributed by atoms with E-state index in [-0.39, 0.29) is 16.8 Å². The average molecular weight is 289 g/mol. The lowest BCUT2D eigenvalue weighted by molar-refractivity contribution is 0.0697. The number of hydrogen-bond donors (Lipinski definition) is 2. The molecule has 3 rings (SSSR count). The highest BCUT2D eigenvalue weighted by molar-refractivity contribution is 6.29. The molecule has 1 heterocycles. The molecule has 1 saturated carbocycles. The summed E-state index contributed by atoms with van der Waals surface area (Å²) in [6.45, 7) is 0. The molecule has 0 spiro atoms. The van der Waals surface area contributed by atoms with Gasteiger partial charge >= 0.3 is 5.97 Å². The number of pyridine rings is 1. The van der Waals surface area contributed by atoms with E-state index in [1.54, 1.807) is 0 Å². The molecule has 4 nitrogen and oxygen atoms in total. The number of carboxylic acid groups (broad SMARTS) is 1. The first-order chi connectivity index (χ1) is 9.65. The van der Waals surface area contributed by atoms with Crippen LogP contribution in [-0.4, -0.2) is 22.1 Å². The standard InChI is InChI=1S/C15H13ClN2O2/c16-13-7-6-10(15(19)20)14(18-13)17-12-8-11(12)9-4-2-1-3-5-9/h1-7,11-12H,8H2,(H,17,18)(H,19,20). The summed E-state index contributed by atoms with van der Waals surface area (Å²) >= 11 is 5.83. The Morgan fingerprint density at radius 1 is 1.25 bits per heavy atom. The molecular formula is C15H13ClN2O2. The molecule has 2 unspecified atom stereocenters. The molecule has 2 atom stereocenters. The van der Waals surface area contributed by atoms with Gasteiger partial charge in [-0.1, -0.05) is 41.9 Å². The van der Waals surface area contributed by atoms with Gasteiger partial charge in [-0.3, -0.25) is 0 Å². The summed E-state index contributed by atoms with van der Waals surface area (Å²) in [5.74, 6) is -0.263. The van der Waals surface area contributed by atoms with Crippen LogP contribution < -0.4 is 5.32 Å². The minimum absolute atomic E-state index is 0.146. The van der Waals surface area contributed by atoms with Gasteiger partial charge in [0, 0.05) is 12.0 Å². The minimum atomic E-state index is -1.01. The van der Waals surface area contributed by atoms with Crippen molar-refractivity contribution in [3.63, 3.8) is 0 Å². The number of aromatic nitrogens is 1. The van der Waals surface area contributed by atoms with E-state index >= 15 is 0 Å². The van der Waals surface area contributed by atoms with Gasteiger partial charge in [-0.2, -0.15) is 0 Å². The van der Waals surface area contributed by atoms with Crippen molar-refractivity contribution in [3.05, 3.63) is 58.7 Å². The van der Waals surface area contributed by atoms with Gasteiger partial charge in [-0.25, -0.2) is 9.78 Å². The van der Waals surface area contributed by atoms with Crippen molar-refractivity contribution < 1.29 is 9.90 Å². The molecule has 1 aromatic heterocycles. The second-order valence-electron chi connectivity index (χ2n) is 4.84. The van der Waals surface area contributed by atoms with Crippen molar-refractivity contribution >= 4 is 23.4 Å². The van der Waals surface area contributed by atoms with E-state index in [0.29, 0.717) is 11.7 Å². The zero-order valence-corrected chi connectivity index (χ0v) is 11.3. The smallest absolute Gasteiger partial charge is 0.339 e. The summed E-state index contributed by atoms with van der Waals surface area (Å²) < 4.78 is 0. The molecule has 0 bridgehead atoms. The van der Waals surface area contributed by atoms with Crippen molar-refractivity contribution in [3.8, 4) is 0 Å². The molecular weight excluding hydrogens is 276 g/mol. The number of carbonyl (C=O) groups is 1. The fraction of sp³-hybridized carbons (Fsp3) is 0.200. The number of carboxylic acids is 1. The first kappa shape index (κ1) is 12.9. The van der Waals surface area contributed by atoms with Crippen LogP contribution in [0.1, 0.15) is 28.3 Å². The maximum atomic E-state index is 11.2. The first-order valence-electron chi connectivity index (χ1n) is 6.36. The van der Waals surface area contributed by atoms with Crippen LogP contribution in [-0.2, 0) is 0 Å². The van der Waals surface area contributed by atoms with Gasteiger partial charge in [-0.15, -0.1) is 0 Å². The Labute approximate surface area is 121 Å². The van der Waals surface area contributed by atoms with Gasteiger partial charge < -0.3 is 10.4 Å². The van der Waals surface area contributed by atoms with Crippen LogP contribution in [0.15, 0.2) is 42.5 Å². The summed E-state index contributed by atoms with van der Waals surface area (Å²) in [6.07, 6.45) is 0.970. The second kappa shape index (κ2) is 5.13. The van der Waals surface area contributed by atoms with Gasteiger partial charge in [0.2, 0.25) is 0 Å². The number of anilines is 1. The van der Waals surface area contributed by atoms with Crippen LogP contribution in [0.2, 0.25) is 5.15 Å². The zero-order chi connectivity index (χ0) is 14.1. The van der Waals surface area contributed by atoms with E-state index in [1.807, 2.05) is 18.2 Å². The maximum absolute atomic E-state index is 11.2. The van der Waals surface area contributed by atoms with Gasteiger partial charge in [0.25, 0.3) is 0 Å². The largest absolute Gasteiger partial charge is 0.478 e. The summed E-state index contributed by atoms with van der Waals surface area (Å²) in [7, 11) is 0. The summed E-state index contributed by atoms with van der Waals surface area (Å²) in [6, 6.07) is 13.3. The van der Waals surface area contributed by atoms with E-state index < -0.39 is 5.97 Å². The molecule has 102 valence electrons. The van der Waals surface area contributed by atoms with Crippen molar-refractivity contribution in [2.75, 3.05) is 5.32 Å². The highest BCUT2D eigenvalue weighted by Crippen LogP contribution is 2.42. The Morgan fingerprint density at radius 3 is 2.70 bits per heavy atom. The topological polar surface area (TPSA) is 62.2 Å². The van der Waals surface area contributed by atoms with Crippen LogP contribution in [0, 0.1) is 0 Å². The lowest BCUT2D eigenvalue weighted by atomic mass is 10.1. The van der Waals surface area contributed by atoms with Gasteiger partial charge in [0.05, 0.1) is 0 Å². The van der Waals surface area contributed by atoms with Gasteiger partial charge in [0.15, 0.2) is 0 Å². The lowest BCUT2D eigenvalue weighted by Crippen LogP contribution is -2.11. The summed E-state index contributed by atoms with van der Waals surface area (Å²) in [4.78, 5) is 15.2. The number of benzene rings is 1. The summed E-state index contributed by atoms with van der Waals surface area (Å²) in [5, 5.41) is 12.6. The Bertz CT molecular complexity index is 646. The molecule has 5 heteroatoms. The van der Waals surface area contributed by atoms with Crippen LogP contribution in [0.25, 0.3) is 0 Å². The maximum Gasteiger partial charge on any atom is 0.339 e. The third kappa shape index (κ3) is 2.60. The predicted octanol–water partition coefficient (Wildman–Crippen LogP) is 3.40. The number of aromatic carboxylic acids is 1. The fourth-order valence-corrected chi connectivity index (χ4v) is 2.46. The molecule has 1 aromatic carbocycles. The Hall–Kier alpha value is -2.07. The SMILES string of the molecule is O=C(O)c1ccc(Cl)nc1NC1CC1c1ccccc1. The Balaban J connectivity index is 1.77. The molecule has 20 heavy (non-hydrogen) atoms. The number of hydrogen-bond acceptors (Lipinski definition) is 3. The van der Waals surface area contributed by atoms with E-state index in [1.165, 1.54) is 17.7 Å². The zero-order valence-electron chi connectivity index (χ0n) is 10.6. The molecule has 0 saturated heterocycles. The molecule has 2 N–H and O–H groups in total. The van der Waals surface area contributed by atoms with Crippen molar-refractivity contribution in [1.82, 2.24) is 4.98 Å². The number of nitrogens with one attached hydrogen (secondary N) is 1. The van der Waals surface area contributed by atoms with E-state index in [4.69, 9.17) is 16.7 Å². The lowest BCUT2D eigenvalue weighted by Gasteiger charge is -2.08. The highest BCUT2D eigenvalue weighted by Gasteiger charge is 2.39. The molecule has 0 aliphatic heterocycles. The Morgan fingerprint density at radius 2 is 2.00 bits per heavy atom. The van der Waals surface area contributed by atoms with Gasteiger partial charge in [0.1, 0.15) is 16.5 Å². The van der Waals surface area contributed by atoms with Crippen LogP contribution in [0.4, 0.5) is 5.82 Å². The second-order valence-corrected chi connectivity index (χ2v) is 5.23. The van der Waals surface area contributed by atoms with E-state index in [9.17, 15) is 4.79 Å². The van der Waals surface area contributed by atoms with Crippen molar-refractivity contribution in [2.24, 2.45) is 0 Å². The predicted molar refractivity (Wildman–Crippen MR) is 77.4 cm³/mol. The molecule has 0 radical (unpaired) electrons. The fourth-order valence-electron chi connectivity index (χ4n) is 2.32. The minimum Gasteiger partial charge on any atom is -0.478 e. The third-order valence-electron chi connectivity index (χ3n) is 3.43. The highest BCUT2D eigenvalue weighted by atomic mass is 35.5. The number of halogens is 1. The molecule has 1 aliphatic rings. The average Bonchev–Trinajstić information content (AvgIpc) is 3.19. The normalized spacial score (nSPS) is 20.4. The van der Waals surface area contributed by atoms with Crippen LogP contribution in [0.5, 0.6) is 0 Å². The van der Waals surface area contributed by atoms with E-state index in [2.05, 4.69) is 22.4 Å². The van der Waals surface area contributed by atoms with Crippen LogP contribution >= 0.6 is 11.6 Å². The molecule has 1 aliphatic carbocycles. The van der Waals surface area contributed by atoms with Crippen LogP contribution in [0.3, 0.4) is 0 Å². The Kier molecular flexibility index (Phi) is 3.32. The molecule has 2 aromatic rings. The number of rotatable bonds is 4. The van der Waals surface area contributed by atoms with Gasteiger partial charge in [-0.05, 0) is 24.1 Å². The van der Waals surface area contributed by atoms with Crippen molar-refractivity contribution in [2.45, 2.75) is 18.4 Å². The first-order valence-corrected chi connectivity index (χ1v) is 6.74. The van der Waals surface area contributed by atoms with E-state index in [0.717, 1.165) is 6.42 Å². The summed E-state index contributed by atoms with van der Waals surface area (Å²) in [5.41, 5.74) is 1.40. The number of nitrogens with zero attached hydrogens (tertiary/aromatic N) is 1.